The molecule has 114 valence electrons. The zero-order valence-corrected chi connectivity index (χ0v) is 13.7. The fraction of sp³-hybridized carbons (Fsp3) is 0.588. The van der Waals surface area contributed by atoms with E-state index in [1.165, 1.54) is 5.56 Å². The second kappa shape index (κ2) is 6.01. The number of ether oxygens (including phenoxy) is 1. The van der Waals surface area contributed by atoms with Crippen LogP contribution >= 0.6 is 11.8 Å². The van der Waals surface area contributed by atoms with Crippen molar-refractivity contribution < 1.29 is 9.53 Å². The summed E-state index contributed by atoms with van der Waals surface area (Å²) in [6.07, 6.45) is 2.06. The van der Waals surface area contributed by atoms with E-state index in [0.717, 1.165) is 49.6 Å². The molecule has 0 N–H and O–H groups in total. The summed E-state index contributed by atoms with van der Waals surface area (Å²) in [6.45, 7) is 7.89. The molecular weight excluding hydrogens is 282 g/mol. The Hall–Kier alpha value is -1.000. The Morgan fingerprint density at radius 2 is 2.24 bits per heavy atom. The first kappa shape index (κ1) is 14.9. The molecule has 1 aromatic carbocycles. The van der Waals surface area contributed by atoms with Crippen LogP contribution in [-0.2, 0) is 6.42 Å². The molecular formula is C17H23NO2S. The monoisotopic (exact) mass is 305 g/mol. The number of fused-ring (bicyclic) bond motifs is 1. The van der Waals surface area contributed by atoms with Gasteiger partial charge in [-0.2, -0.15) is 11.8 Å². The van der Waals surface area contributed by atoms with E-state index in [4.69, 9.17) is 4.74 Å². The fourth-order valence-corrected chi connectivity index (χ4v) is 4.01. The van der Waals surface area contributed by atoms with Crippen molar-refractivity contribution in [2.24, 2.45) is 0 Å². The summed E-state index contributed by atoms with van der Waals surface area (Å²) in [7, 11) is 0. The first-order valence-electron chi connectivity index (χ1n) is 7.69. The summed E-state index contributed by atoms with van der Waals surface area (Å²) in [4.78, 5) is 14.8. The van der Waals surface area contributed by atoms with Crippen molar-refractivity contribution in [3.8, 4) is 5.75 Å². The summed E-state index contributed by atoms with van der Waals surface area (Å²) in [5.74, 6) is 2.28. The number of hydrogen-bond acceptors (Lipinski definition) is 4. The highest BCUT2D eigenvalue weighted by atomic mass is 32.2. The Labute approximate surface area is 131 Å². The number of rotatable bonds is 3. The lowest BCUT2D eigenvalue weighted by atomic mass is 10.0. The van der Waals surface area contributed by atoms with Crippen molar-refractivity contribution in [3.05, 3.63) is 29.3 Å². The number of nitrogens with zero attached hydrogens (tertiary/aromatic N) is 1. The number of Topliss-reactive ketones (excluding diaryl/α,β-unsaturated/α-hetero) is 1. The summed E-state index contributed by atoms with van der Waals surface area (Å²) in [5.41, 5.74) is 2.00. The highest BCUT2D eigenvalue weighted by Crippen LogP contribution is 2.31. The lowest BCUT2D eigenvalue weighted by Crippen LogP contribution is -2.32. The van der Waals surface area contributed by atoms with Crippen LogP contribution < -0.4 is 4.74 Å². The quantitative estimate of drug-likeness (QED) is 0.803. The molecule has 3 rings (SSSR count). The van der Waals surface area contributed by atoms with Gasteiger partial charge in [-0.05, 0) is 36.7 Å². The normalized spacial score (nSPS) is 21.4. The van der Waals surface area contributed by atoms with Gasteiger partial charge < -0.3 is 4.74 Å². The molecule has 1 aromatic rings. The van der Waals surface area contributed by atoms with E-state index in [1.807, 2.05) is 30.0 Å². The van der Waals surface area contributed by atoms with Gasteiger partial charge in [-0.25, -0.2) is 0 Å². The summed E-state index contributed by atoms with van der Waals surface area (Å²) in [5, 5.41) is 0. The van der Waals surface area contributed by atoms with Crippen molar-refractivity contribution >= 4 is 17.5 Å². The Morgan fingerprint density at radius 3 is 3.10 bits per heavy atom. The molecule has 2 aliphatic rings. The summed E-state index contributed by atoms with van der Waals surface area (Å²) < 4.78 is 5.83. The molecule has 0 radical (unpaired) electrons. The average molecular weight is 305 g/mol. The van der Waals surface area contributed by atoms with E-state index in [-0.39, 0.29) is 5.78 Å². The van der Waals surface area contributed by atoms with E-state index >= 15 is 0 Å². The zero-order valence-electron chi connectivity index (χ0n) is 12.9. The smallest absolute Gasteiger partial charge is 0.176 e. The molecule has 0 amide bonds. The van der Waals surface area contributed by atoms with Crippen LogP contribution in [-0.4, -0.2) is 47.4 Å². The van der Waals surface area contributed by atoms with E-state index in [1.54, 1.807) is 0 Å². The third-order valence-corrected chi connectivity index (χ3v) is 5.68. The maximum absolute atomic E-state index is 12.5. The van der Waals surface area contributed by atoms with Crippen molar-refractivity contribution in [2.75, 3.05) is 32.0 Å². The van der Waals surface area contributed by atoms with Crippen LogP contribution in [0, 0.1) is 0 Å². The number of thioether (sulfide) groups is 1. The van der Waals surface area contributed by atoms with Crippen LogP contribution in [0.1, 0.15) is 36.2 Å². The Kier molecular flexibility index (Phi) is 4.27. The predicted octanol–water partition coefficient (Wildman–Crippen LogP) is 3.02. The van der Waals surface area contributed by atoms with E-state index in [2.05, 4.69) is 18.7 Å². The molecule has 0 aromatic heterocycles. The van der Waals surface area contributed by atoms with Gasteiger partial charge in [0.25, 0.3) is 0 Å². The number of carbonyl (C=O) groups is 1. The van der Waals surface area contributed by atoms with Crippen LogP contribution in [0.15, 0.2) is 18.2 Å². The number of benzene rings is 1. The summed E-state index contributed by atoms with van der Waals surface area (Å²) in [6, 6.07) is 5.86. The molecule has 0 unspecified atom stereocenters. The molecule has 4 heteroatoms. The van der Waals surface area contributed by atoms with Gasteiger partial charge in [0.1, 0.15) is 5.75 Å². The van der Waals surface area contributed by atoms with Gasteiger partial charge in [-0.15, -0.1) is 0 Å². The fourth-order valence-electron chi connectivity index (χ4n) is 2.87. The van der Waals surface area contributed by atoms with E-state index in [0.29, 0.717) is 11.3 Å². The molecule has 0 atom stereocenters. The molecule has 2 heterocycles. The first-order chi connectivity index (χ1) is 10.0. The van der Waals surface area contributed by atoms with Crippen LogP contribution in [0.25, 0.3) is 0 Å². The van der Waals surface area contributed by atoms with Gasteiger partial charge in [0.05, 0.1) is 13.2 Å². The molecule has 0 spiro atoms. The van der Waals surface area contributed by atoms with Gasteiger partial charge >= 0.3 is 0 Å². The Bertz CT molecular complexity index is 542. The second-order valence-electron chi connectivity index (χ2n) is 6.48. The number of carbonyl (C=O) groups excluding carboxylic acids is 1. The van der Waals surface area contributed by atoms with Gasteiger partial charge in [0.2, 0.25) is 0 Å². The average Bonchev–Trinajstić information content (AvgIpc) is 2.84. The SMILES string of the molecule is CC1(C)CCN(CC(=O)c2ccc3c(c2)CCO3)CCS1. The molecule has 3 nitrogen and oxygen atoms in total. The number of hydrogen-bond donors (Lipinski definition) is 0. The molecule has 0 bridgehead atoms. The van der Waals surface area contributed by atoms with Crippen LogP contribution in [0.3, 0.4) is 0 Å². The lowest BCUT2D eigenvalue weighted by molar-refractivity contribution is 0.0934. The molecule has 1 fully saturated rings. The topological polar surface area (TPSA) is 29.5 Å². The van der Waals surface area contributed by atoms with Crippen molar-refractivity contribution in [2.45, 2.75) is 31.4 Å². The van der Waals surface area contributed by atoms with Crippen LogP contribution in [0.4, 0.5) is 0 Å². The standard InChI is InChI=1S/C17H23NO2S/c1-17(2)6-7-18(8-10-21-17)12-15(19)13-3-4-16-14(11-13)5-9-20-16/h3-4,11H,5-10,12H2,1-2H3. The Morgan fingerprint density at radius 1 is 1.38 bits per heavy atom. The lowest BCUT2D eigenvalue weighted by Gasteiger charge is -2.22. The highest BCUT2D eigenvalue weighted by Gasteiger charge is 2.25. The van der Waals surface area contributed by atoms with Gasteiger partial charge in [-0.1, -0.05) is 13.8 Å². The van der Waals surface area contributed by atoms with E-state index < -0.39 is 0 Å². The zero-order chi connectivity index (χ0) is 14.9. The molecule has 21 heavy (non-hydrogen) atoms. The molecule has 0 saturated carbocycles. The highest BCUT2D eigenvalue weighted by molar-refractivity contribution is 8.00. The minimum absolute atomic E-state index is 0.231. The third kappa shape index (κ3) is 3.61. The maximum atomic E-state index is 12.5. The van der Waals surface area contributed by atoms with Crippen LogP contribution in [0.2, 0.25) is 0 Å². The molecule has 2 aliphatic heterocycles. The van der Waals surface area contributed by atoms with Crippen molar-refractivity contribution in [1.29, 1.82) is 0 Å². The maximum Gasteiger partial charge on any atom is 0.176 e. The third-order valence-electron chi connectivity index (χ3n) is 4.31. The minimum Gasteiger partial charge on any atom is -0.493 e. The van der Waals surface area contributed by atoms with Crippen molar-refractivity contribution in [1.82, 2.24) is 4.90 Å². The Balaban J connectivity index is 1.63. The molecule has 0 aliphatic carbocycles. The second-order valence-corrected chi connectivity index (χ2v) is 8.28. The predicted molar refractivity (Wildman–Crippen MR) is 87.6 cm³/mol. The van der Waals surface area contributed by atoms with Gasteiger partial charge in [-0.3, -0.25) is 9.69 Å². The van der Waals surface area contributed by atoms with Crippen LogP contribution in [0.5, 0.6) is 5.75 Å². The van der Waals surface area contributed by atoms with Gasteiger partial charge in [0.15, 0.2) is 5.78 Å². The number of ketones is 1. The first-order valence-corrected chi connectivity index (χ1v) is 8.67. The largest absolute Gasteiger partial charge is 0.493 e. The summed E-state index contributed by atoms with van der Waals surface area (Å²) >= 11 is 2.01. The van der Waals surface area contributed by atoms with Gasteiger partial charge in [0, 0.05) is 29.0 Å². The van der Waals surface area contributed by atoms with Crippen molar-refractivity contribution in [3.63, 3.8) is 0 Å². The minimum atomic E-state index is 0.231. The van der Waals surface area contributed by atoms with E-state index in [9.17, 15) is 4.79 Å². The molecule has 1 saturated heterocycles.